The van der Waals surface area contributed by atoms with Gasteiger partial charge >= 0.3 is 5.97 Å². The van der Waals surface area contributed by atoms with Crippen molar-refractivity contribution in [3.63, 3.8) is 0 Å². The van der Waals surface area contributed by atoms with E-state index in [-0.39, 0.29) is 21.8 Å². The highest BCUT2D eigenvalue weighted by molar-refractivity contribution is 7.93. The van der Waals surface area contributed by atoms with Gasteiger partial charge in [0.2, 0.25) is 10.0 Å². The van der Waals surface area contributed by atoms with Gasteiger partial charge in [-0.25, -0.2) is 21.6 Å². The molecule has 2 aromatic rings. The molecule has 0 aromatic heterocycles. The van der Waals surface area contributed by atoms with Crippen LogP contribution in [0.1, 0.15) is 15.9 Å². The van der Waals surface area contributed by atoms with E-state index in [1.165, 1.54) is 37.3 Å². The van der Waals surface area contributed by atoms with Crippen molar-refractivity contribution in [1.29, 1.82) is 0 Å². The zero-order valence-electron chi connectivity index (χ0n) is 13.3. The van der Waals surface area contributed by atoms with Gasteiger partial charge in [-0.3, -0.25) is 9.44 Å². The fourth-order valence-corrected chi connectivity index (χ4v) is 4.01. The second kappa shape index (κ2) is 6.73. The molecule has 3 N–H and O–H groups in total. The molecule has 2 aromatic carbocycles. The molecule has 0 heterocycles. The number of benzene rings is 2. The molecule has 0 aliphatic carbocycles. The molecule has 0 aliphatic rings. The van der Waals surface area contributed by atoms with E-state index < -0.39 is 26.0 Å². The lowest BCUT2D eigenvalue weighted by atomic mass is 10.1. The molecule has 134 valence electrons. The summed E-state index contributed by atoms with van der Waals surface area (Å²) in [5, 5.41) is 9.04. The third kappa shape index (κ3) is 4.70. The van der Waals surface area contributed by atoms with E-state index >= 15 is 0 Å². The number of aromatic carboxylic acids is 1. The van der Waals surface area contributed by atoms with E-state index in [4.69, 9.17) is 5.11 Å². The number of sulfonamides is 2. The smallest absolute Gasteiger partial charge is 0.335 e. The van der Waals surface area contributed by atoms with Crippen LogP contribution in [-0.4, -0.2) is 34.2 Å². The maximum atomic E-state index is 12.6. The van der Waals surface area contributed by atoms with Crippen LogP contribution in [0.2, 0.25) is 0 Å². The Labute approximate surface area is 145 Å². The summed E-state index contributed by atoms with van der Waals surface area (Å²) in [6, 6.07) is 9.61. The van der Waals surface area contributed by atoms with Crippen LogP contribution < -0.4 is 9.44 Å². The Bertz CT molecular complexity index is 1030. The van der Waals surface area contributed by atoms with E-state index in [1.807, 2.05) is 0 Å². The highest BCUT2D eigenvalue weighted by Gasteiger charge is 2.21. The molecule has 0 aliphatic heterocycles. The second-order valence-electron chi connectivity index (χ2n) is 5.31. The van der Waals surface area contributed by atoms with Gasteiger partial charge in [-0.05, 0) is 36.8 Å². The number of aryl methyl sites for hydroxylation is 1. The Morgan fingerprint density at radius 3 is 2.04 bits per heavy atom. The number of carbonyl (C=O) groups is 1. The van der Waals surface area contributed by atoms with E-state index in [9.17, 15) is 21.6 Å². The zero-order valence-corrected chi connectivity index (χ0v) is 15.0. The molecule has 0 fully saturated rings. The third-order valence-electron chi connectivity index (χ3n) is 3.19. The average molecular weight is 384 g/mol. The fourth-order valence-electron chi connectivity index (χ4n) is 2.08. The third-order valence-corrected chi connectivity index (χ3v) is 5.29. The van der Waals surface area contributed by atoms with Gasteiger partial charge in [-0.1, -0.05) is 18.2 Å². The number of carboxylic acid groups (broad SMARTS) is 1. The van der Waals surface area contributed by atoms with E-state index in [0.29, 0.717) is 5.56 Å². The first-order valence-corrected chi connectivity index (χ1v) is 10.3. The van der Waals surface area contributed by atoms with Crippen LogP contribution in [0, 0.1) is 6.92 Å². The Morgan fingerprint density at radius 1 is 0.960 bits per heavy atom. The summed E-state index contributed by atoms with van der Waals surface area (Å²) in [6.45, 7) is 1.53. The molecule has 0 saturated carbocycles. The van der Waals surface area contributed by atoms with Crippen molar-refractivity contribution in [2.45, 2.75) is 11.8 Å². The number of rotatable bonds is 6. The number of para-hydroxylation sites is 2. The van der Waals surface area contributed by atoms with Crippen LogP contribution in [0.4, 0.5) is 11.4 Å². The van der Waals surface area contributed by atoms with Gasteiger partial charge in [-0.15, -0.1) is 0 Å². The molecule has 2 rings (SSSR count). The topological polar surface area (TPSA) is 130 Å². The van der Waals surface area contributed by atoms with E-state index in [0.717, 1.165) is 12.3 Å². The predicted octanol–water partition coefficient (Wildman–Crippen LogP) is 1.87. The number of anilines is 2. The first kappa shape index (κ1) is 18.7. The van der Waals surface area contributed by atoms with Gasteiger partial charge in [0, 0.05) is 0 Å². The minimum atomic E-state index is -4.13. The molecular formula is C15H16N2O6S2. The molecule has 0 bridgehead atoms. The van der Waals surface area contributed by atoms with Gasteiger partial charge in [0.15, 0.2) is 0 Å². The van der Waals surface area contributed by atoms with Crippen LogP contribution in [0.15, 0.2) is 47.4 Å². The Morgan fingerprint density at radius 2 is 1.52 bits per heavy atom. The first-order chi connectivity index (χ1) is 11.5. The zero-order chi connectivity index (χ0) is 18.8. The second-order valence-corrected chi connectivity index (χ2v) is 8.71. The molecule has 0 spiro atoms. The Kier molecular flexibility index (Phi) is 5.04. The van der Waals surface area contributed by atoms with Crippen molar-refractivity contribution in [2.75, 3.05) is 15.7 Å². The summed E-state index contributed by atoms with van der Waals surface area (Å²) in [4.78, 5) is 10.9. The maximum absolute atomic E-state index is 12.6. The summed E-state index contributed by atoms with van der Waals surface area (Å²) in [5.74, 6) is -1.25. The molecule has 0 unspecified atom stereocenters. The van der Waals surface area contributed by atoms with Gasteiger partial charge in [0.05, 0.1) is 28.1 Å². The lowest BCUT2D eigenvalue weighted by Crippen LogP contribution is -2.17. The molecule has 25 heavy (non-hydrogen) atoms. The van der Waals surface area contributed by atoms with Crippen molar-refractivity contribution < 1.29 is 26.7 Å². The van der Waals surface area contributed by atoms with Crippen molar-refractivity contribution in [3.05, 3.63) is 53.6 Å². The lowest BCUT2D eigenvalue weighted by molar-refractivity contribution is 0.0696. The van der Waals surface area contributed by atoms with Gasteiger partial charge < -0.3 is 5.11 Å². The first-order valence-electron chi connectivity index (χ1n) is 6.93. The van der Waals surface area contributed by atoms with Crippen LogP contribution in [0.3, 0.4) is 0 Å². The number of hydrogen-bond acceptors (Lipinski definition) is 5. The van der Waals surface area contributed by atoms with Crippen molar-refractivity contribution in [3.8, 4) is 0 Å². The summed E-state index contributed by atoms with van der Waals surface area (Å²) in [6.07, 6.45) is 0.943. The van der Waals surface area contributed by atoms with E-state index in [2.05, 4.69) is 9.44 Å². The summed E-state index contributed by atoms with van der Waals surface area (Å²) < 4.78 is 52.6. The average Bonchev–Trinajstić information content (AvgIpc) is 2.47. The highest BCUT2D eigenvalue weighted by Crippen LogP contribution is 2.26. The number of carboxylic acids is 1. The molecule has 0 amide bonds. The monoisotopic (exact) mass is 384 g/mol. The van der Waals surface area contributed by atoms with Gasteiger partial charge in [0.1, 0.15) is 0 Å². The van der Waals surface area contributed by atoms with Crippen LogP contribution in [0.5, 0.6) is 0 Å². The number of hydrogen-bond donors (Lipinski definition) is 3. The summed E-state index contributed by atoms with van der Waals surface area (Å²) in [5.41, 5.74) is 0.258. The maximum Gasteiger partial charge on any atom is 0.335 e. The predicted molar refractivity (Wildman–Crippen MR) is 93.9 cm³/mol. The molecule has 0 radical (unpaired) electrons. The molecule has 0 atom stereocenters. The minimum Gasteiger partial charge on any atom is -0.478 e. The Hall–Kier alpha value is -2.59. The summed E-state index contributed by atoms with van der Waals surface area (Å²) >= 11 is 0. The van der Waals surface area contributed by atoms with Gasteiger partial charge in [0.25, 0.3) is 10.0 Å². The van der Waals surface area contributed by atoms with Gasteiger partial charge in [-0.2, -0.15) is 0 Å². The van der Waals surface area contributed by atoms with Crippen molar-refractivity contribution in [1.82, 2.24) is 0 Å². The Balaban J connectivity index is 2.47. The summed E-state index contributed by atoms with van der Waals surface area (Å²) in [7, 11) is -7.73. The minimum absolute atomic E-state index is 0.0213. The fraction of sp³-hybridized carbons (Fsp3) is 0.133. The van der Waals surface area contributed by atoms with Crippen molar-refractivity contribution in [2.24, 2.45) is 0 Å². The highest BCUT2D eigenvalue weighted by atomic mass is 32.2. The van der Waals surface area contributed by atoms with Crippen molar-refractivity contribution >= 4 is 37.4 Å². The molecular weight excluding hydrogens is 368 g/mol. The van der Waals surface area contributed by atoms with Crippen LogP contribution in [-0.2, 0) is 20.0 Å². The van der Waals surface area contributed by atoms with Crippen LogP contribution >= 0.6 is 0 Å². The quantitative estimate of drug-likeness (QED) is 0.697. The standard InChI is InChI=1S/C15H16N2O6S2/c1-10-7-8-11(15(18)19)9-14(10)25(22,23)17-13-6-4-3-5-12(13)16-24(2,20)21/h3-9,16-17H,1-2H3,(H,18,19). The number of nitrogens with one attached hydrogen (secondary N) is 2. The largest absolute Gasteiger partial charge is 0.478 e. The van der Waals surface area contributed by atoms with Crippen LogP contribution in [0.25, 0.3) is 0 Å². The SMILES string of the molecule is Cc1ccc(C(=O)O)cc1S(=O)(=O)Nc1ccccc1NS(C)(=O)=O. The lowest BCUT2D eigenvalue weighted by Gasteiger charge is -2.14. The molecule has 0 saturated heterocycles. The van der Waals surface area contributed by atoms with E-state index in [1.54, 1.807) is 6.07 Å². The normalized spacial score (nSPS) is 11.8. The molecule has 10 heteroatoms. The molecule has 8 nitrogen and oxygen atoms in total.